The van der Waals surface area contributed by atoms with E-state index in [2.05, 4.69) is 5.16 Å². The fraction of sp³-hybridized carbons (Fsp3) is 0.464. The number of aromatic nitrogens is 1. The molecule has 1 unspecified atom stereocenters. The average Bonchev–Trinajstić information content (AvgIpc) is 3.29. The minimum Gasteiger partial charge on any atom is -0.511 e. The Morgan fingerprint density at radius 3 is 2.58 bits per heavy atom. The van der Waals surface area contributed by atoms with Crippen LogP contribution in [0.1, 0.15) is 91.1 Å². The number of aliphatic imine (C=N–C) groups is 1. The molecule has 0 aliphatic heterocycles. The molecule has 1 atom stereocenters. The molecule has 1 fully saturated rings. The molecule has 2 aromatic rings. The topological polar surface area (TPSA) is 130 Å². The number of carbonyl (C=O) groups is 3. The van der Waals surface area contributed by atoms with Gasteiger partial charge in [-0.25, -0.2) is 0 Å². The molecule has 2 N–H and O–H groups in total. The summed E-state index contributed by atoms with van der Waals surface area (Å²) in [5.74, 6) is -0.370. The van der Waals surface area contributed by atoms with Gasteiger partial charge in [-0.1, -0.05) is 41.9 Å². The minimum absolute atomic E-state index is 0.0128. The molecule has 2 aliphatic carbocycles. The van der Waals surface area contributed by atoms with Gasteiger partial charge in [-0.2, -0.15) is 0 Å². The summed E-state index contributed by atoms with van der Waals surface area (Å²) in [6, 6.07) is 9.83. The highest BCUT2D eigenvalue weighted by atomic mass is 16.5. The largest absolute Gasteiger partial charge is 0.511 e. The highest BCUT2D eigenvalue weighted by molar-refractivity contribution is 6.24. The third-order valence-electron chi connectivity index (χ3n) is 6.87. The van der Waals surface area contributed by atoms with Gasteiger partial charge in [0, 0.05) is 50.8 Å². The number of rotatable bonds is 10. The number of Topliss-reactive ketones (excluding diaryl/α,β-unsaturated/α-hetero) is 2. The van der Waals surface area contributed by atoms with Crippen LogP contribution in [0.2, 0.25) is 0 Å². The number of carbonyl (C=O) groups excluding carboxylic acids is 2. The standard InChI is InChI=1S/C28H32N2O6/c31-22-10-7-11-25-28(22)20(30-36-25)13-14-23(32)27-21(29-15-6-2-5-12-26(34)35)16-19(17-24(27)33)18-8-3-1-4-9-18/h1,3-4,8-9,19,32H,2,5-7,10-17H2,(H,34,35)/b27-23-,29-21?. The number of hydrogen-bond donors (Lipinski definition) is 2. The summed E-state index contributed by atoms with van der Waals surface area (Å²) in [7, 11) is 0. The Bertz CT molecular complexity index is 1180. The first-order valence-corrected chi connectivity index (χ1v) is 12.7. The first kappa shape index (κ1) is 25.5. The van der Waals surface area contributed by atoms with Gasteiger partial charge in [0.25, 0.3) is 0 Å². The number of aliphatic hydroxyl groups excluding tert-OH is 1. The predicted octanol–water partition coefficient (Wildman–Crippen LogP) is 5.17. The highest BCUT2D eigenvalue weighted by Crippen LogP contribution is 2.34. The van der Waals surface area contributed by atoms with Crippen molar-refractivity contribution in [1.82, 2.24) is 5.16 Å². The summed E-state index contributed by atoms with van der Waals surface area (Å²) in [5.41, 5.74) is 2.99. The normalized spacial score (nSPS) is 20.4. The van der Waals surface area contributed by atoms with Crippen LogP contribution in [-0.2, 0) is 22.4 Å². The quantitative estimate of drug-likeness (QED) is 0.266. The van der Waals surface area contributed by atoms with Crippen LogP contribution in [0.4, 0.5) is 0 Å². The van der Waals surface area contributed by atoms with E-state index in [1.807, 2.05) is 30.3 Å². The average molecular weight is 493 g/mol. The Morgan fingerprint density at radius 1 is 1.00 bits per heavy atom. The lowest BCUT2D eigenvalue weighted by Crippen LogP contribution is -2.27. The number of hydrogen-bond acceptors (Lipinski definition) is 7. The van der Waals surface area contributed by atoms with E-state index in [1.165, 1.54) is 0 Å². The van der Waals surface area contributed by atoms with Gasteiger partial charge >= 0.3 is 5.97 Å². The van der Waals surface area contributed by atoms with Crippen LogP contribution in [0, 0.1) is 0 Å². The number of fused-ring (bicyclic) bond motifs is 1. The number of ketones is 2. The second-order valence-corrected chi connectivity index (χ2v) is 9.50. The van der Waals surface area contributed by atoms with Gasteiger partial charge < -0.3 is 14.7 Å². The molecule has 1 saturated carbocycles. The van der Waals surface area contributed by atoms with Gasteiger partial charge in [-0.15, -0.1) is 0 Å². The van der Waals surface area contributed by atoms with E-state index >= 15 is 0 Å². The molecule has 0 saturated heterocycles. The summed E-state index contributed by atoms with van der Waals surface area (Å²) in [4.78, 5) is 41.0. The molecule has 2 aliphatic rings. The van der Waals surface area contributed by atoms with Crippen molar-refractivity contribution in [3.8, 4) is 0 Å². The third-order valence-corrected chi connectivity index (χ3v) is 6.87. The van der Waals surface area contributed by atoms with E-state index in [4.69, 9.17) is 14.6 Å². The minimum atomic E-state index is -0.810. The molecule has 1 aromatic carbocycles. The van der Waals surface area contributed by atoms with E-state index in [-0.39, 0.29) is 41.7 Å². The van der Waals surface area contributed by atoms with Gasteiger partial charge in [0.2, 0.25) is 0 Å². The smallest absolute Gasteiger partial charge is 0.303 e. The zero-order valence-corrected chi connectivity index (χ0v) is 20.4. The molecular weight excluding hydrogens is 460 g/mol. The summed E-state index contributed by atoms with van der Waals surface area (Å²) >= 11 is 0. The third kappa shape index (κ3) is 6.17. The SMILES string of the molecule is O=C(O)CCCCCN=C1CC(c2ccccc2)CC(=O)/C1=C(\O)CCc1noc2c1C(=O)CCC2. The Hall–Kier alpha value is -3.55. The van der Waals surface area contributed by atoms with Crippen molar-refractivity contribution >= 4 is 23.2 Å². The lowest BCUT2D eigenvalue weighted by molar-refractivity contribution is -0.137. The molecule has 1 heterocycles. The van der Waals surface area contributed by atoms with Crippen LogP contribution in [-0.4, -0.2) is 45.2 Å². The molecule has 8 nitrogen and oxygen atoms in total. The molecule has 0 bridgehead atoms. The zero-order chi connectivity index (χ0) is 25.5. The first-order chi connectivity index (χ1) is 17.4. The van der Waals surface area contributed by atoms with Crippen molar-refractivity contribution in [2.24, 2.45) is 4.99 Å². The predicted molar refractivity (Wildman–Crippen MR) is 134 cm³/mol. The number of benzene rings is 1. The number of carboxylic acids is 1. The van der Waals surface area contributed by atoms with Crippen molar-refractivity contribution in [3.63, 3.8) is 0 Å². The molecule has 1 aromatic heterocycles. The number of aliphatic hydroxyl groups is 1. The van der Waals surface area contributed by atoms with E-state index in [0.717, 1.165) is 18.4 Å². The van der Waals surface area contributed by atoms with Gasteiger partial charge in [0.1, 0.15) is 11.5 Å². The van der Waals surface area contributed by atoms with Crippen molar-refractivity contribution in [2.45, 2.75) is 76.5 Å². The Balaban J connectivity index is 1.51. The van der Waals surface area contributed by atoms with Crippen LogP contribution >= 0.6 is 0 Å². The summed E-state index contributed by atoms with van der Waals surface area (Å²) in [6.45, 7) is 0.464. The zero-order valence-electron chi connectivity index (χ0n) is 20.4. The molecule has 190 valence electrons. The monoisotopic (exact) mass is 492 g/mol. The molecule has 4 rings (SSSR count). The van der Waals surface area contributed by atoms with Crippen LogP contribution < -0.4 is 0 Å². The number of carboxylic acid groups (broad SMARTS) is 1. The Labute approximate surface area is 210 Å². The van der Waals surface area contributed by atoms with E-state index in [9.17, 15) is 19.5 Å². The Morgan fingerprint density at radius 2 is 1.81 bits per heavy atom. The molecular formula is C28H32N2O6. The van der Waals surface area contributed by atoms with E-state index in [1.54, 1.807) is 0 Å². The van der Waals surface area contributed by atoms with Crippen LogP contribution in [0.15, 0.2) is 51.2 Å². The second kappa shape index (κ2) is 11.9. The number of aliphatic carboxylic acids is 1. The van der Waals surface area contributed by atoms with Crippen molar-refractivity contribution in [3.05, 3.63) is 64.2 Å². The number of allylic oxidation sites excluding steroid dienone is 2. The summed E-state index contributed by atoms with van der Waals surface area (Å²) < 4.78 is 5.34. The Kier molecular flexibility index (Phi) is 8.46. The lowest BCUT2D eigenvalue weighted by Gasteiger charge is -2.26. The van der Waals surface area contributed by atoms with Crippen molar-refractivity contribution in [1.29, 1.82) is 0 Å². The summed E-state index contributed by atoms with van der Waals surface area (Å²) in [5, 5.41) is 23.9. The van der Waals surface area contributed by atoms with Crippen molar-refractivity contribution < 1.29 is 29.1 Å². The van der Waals surface area contributed by atoms with E-state index in [0.29, 0.717) is 74.2 Å². The lowest BCUT2D eigenvalue weighted by atomic mass is 9.78. The first-order valence-electron chi connectivity index (χ1n) is 12.7. The van der Waals surface area contributed by atoms with Gasteiger partial charge in [0.15, 0.2) is 11.6 Å². The van der Waals surface area contributed by atoms with Crippen molar-refractivity contribution in [2.75, 3.05) is 6.54 Å². The molecule has 36 heavy (non-hydrogen) atoms. The number of unbranched alkanes of at least 4 members (excludes halogenated alkanes) is 2. The number of aryl methyl sites for hydroxylation is 2. The maximum Gasteiger partial charge on any atom is 0.303 e. The van der Waals surface area contributed by atoms with Gasteiger partial charge in [-0.3, -0.25) is 19.4 Å². The fourth-order valence-electron chi connectivity index (χ4n) is 5.02. The van der Waals surface area contributed by atoms with Crippen LogP contribution in [0.3, 0.4) is 0 Å². The van der Waals surface area contributed by atoms with Gasteiger partial charge in [0.05, 0.1) is 16.8 Å². The van der Waals surface area contributed by atoms with E-state index < -0.39 is 5.97 Å². The van der Waals surface area contributed by atoms with Crippen LogP contribution in [0.25, 0.3) is 0 Å². The summed E-state index contributed by atoms with van der Waals surface area (Å²) in [6.07, 6.45) is 5.37. The molecule has 8 heteroatoms. The van der Waals surface area contributed by atoms with Crippen LogP contribution in [0.5, 0.6) is 0 Å². The second-order valence-electron chi connectivity index (χ2n) is 9.50. The highest BCUT2D eigenvalue weighted by Gasteiger charge is 2.33. The maximum absolute atomic E-state index is 13.2. The van der Waals surface area contributed by atoms with Gasteiger partial charge in [-0.05, 0) is 37.2 Å². The fourth-order valence-corrected chi connectivity index (χ4v) is 5.02. The maximum atomic E-state index is 13.2. The number of nitrogens with zero attached hydrogens (tertiary/aromatic N) is 2. The molecule has 0 amide bonds. The molecule has 0 spiro atoms. The molecule has 0 radical (unpaired) electrons.